The largest absolute Gasteiger partial charge is 0.483 e. The van der Waals surface area contributed by atoms with Gasteiger partial charge >= 0.3 is 0 Å². The first-order chi connectivity index (χ1) is 8.86. The lowest BCUT2D eigenvalue weighted by atomic mass is 10.1. The molecule has 5 N–H and O–H groups in total. The van der Waals surface area contributed by atoms with Crippen LogP contribution < -0.4 is 21.5 Å². The molecule has 0 aromatic heterocycles. The summed E-state index contributed by atoms with van der Waals surface area (Å²) >= 11 is 0. The number of hydrogen-bond donors (Lipinski definition) is 3. The number of nitrogens with one attached hydrogen (secondary N) is 1. The number of rotatable bonds is 6. The molecule has 0 aliphatic rings. The third-order valence-corrected chi connectivity index (χ3v) is 2.62. The lowest BCUT2D eigenvalue weighted by molar-refractivity contribution is -0.131. The second-order valence-corrected chi connectivity index (χ2v) is 4.64. The van der Waals surface area contributed by atoms with E-state index in [-0.39, 0.29) is 6.61 Å². The molecule has 1 rings (SSSR count). The summed E-state index contributed by atoms with van der Waals surface area (Å²) in [5.74, 6) is -0.476. The van der Waals surface area contributed by atoms with E-state index in [1.807, 2.05) is 12.1 Å². The Balaban J connectivity index is 2.58. The first-order valence-electron chi connectivity index (χ1n) is 5.88. The molecule has 0 spiro atoms. The van der Waals surface area contributed by atoms with Gasteiger partial charge in [-0.15, -0.1) is 0 Å². The standard InChI is InChI=1S/C13H19N3O3/c1-13(2,12(15)18)16-11(17)8-19-10-6-4-3-5-9(10)7-14/h3-6H,7-8,14H2,1-2H3,(H2,15,18)(H,16,17). The van der Waals surface area contributed by atoms with Crippen LogP contribution in [-0.4, -0.2) is 24.0 Å². The molecule has 0 aliphatic heterocycles. The number of hydrogen-bond acceptors (Lipinski definition) is 4. The quantitative estimate of drug-likeness (QED) is 0.667. The Bertz CT molecular complexity index is 472. The Morgan fingerprint density at radius 3 is 2.53 bits per heavy atom. The zero-order chi connectivity index (χ0) is 14.5. The predicted octanol–water partition coefficient (Wildman–Crippen LogP) is -0.0958. The molecular weight excluding hydrogens is 246 g/mol. The highest BCUT2D eigenvalue weighted by Gasteiger charge is 2.26. The minimum Gasteiger partial charge on any atom is -0.483 e. The van der Waals surface area contributed by atoms with Crippen LogP contribution in [0.15, 0.2) is 24.3 Å². The maximum Gasteiger partial charge on any atom is 0.258 e. The maximum atomic E-state index is 11.7. The monoisotopic (exact) mass is 265 g/mol. The van der Waals surface area contributed by atoms with E-state index in [0.717, 1.165) is 5.56 Å². The lowest BCUT2D eigenvalue weighted by Crippen LogP contribution is -2.54. The molecule has 0 aliphatic carbocycles. The molecular formula is C13H19N3O3. The summed E-state index contributed by atoms with van der Waals surface area (Å²) in [5, 5.41) is 2.49. The van der Waals surface area contributed by atoms with Crippen LogP contribution in [0.4, 0.5) is 0 Å². The Labute approximate surface area is 112 Å². The van der Waals surface area contributed by atoms with E-state index < -0.39 is 17.4 Å². The van der Waals surface area contributed by atoms with Crippen molar-refractivity contribution in [1.29, 1.82) is 0 Å². The van der Waals surface area contributed by atoms with E-state index in [9.17, 15) is 9.59 Å². The summed E-state index contributed by atoms with van der Waals surface area (Å²) < 4.78 is 5.37. The van der Waals surface area contributed by atoms with E-state index in [0.29, 0.717) is 12.3 Å². The van der Waals surface area contributed by atoms with Crippen LogP contribution >= 0.6 is 0 Å². The van der Waals surface area contributed by atoms with Crippen LogP contribution in [0.25, 0.3) is 0 Å². The summed E-state index contributed by atoms with van der Waals surface area (Å²) in [7, 11) is 0. The minimum absolute atomic E-state index is 0.201. The molecule has 0 atom stereocenters. The lowest BCUT2D eigenvalue weighted by Gasteiger charge is -2.22. The molecule has 0 unspecified atom stereocenters. The number of nitrogens with two attached hydrogens (primary N) is 2. The van der Waals surface area contributed by atoms with E-state index in [4.69, 9.17) is 16.2 Å². The van der Waals surface area contributed by atoms with Crippen molar-refractivity contribution in [3.63, 3.8) is 0 Å². The van der Waals surface area contributed by atoms with Gasteiger partial charge in [-0.25, -0.2) is 0 Å². The van der Waals surface area contributed by atoms with Crippen LogP contribution in [-0.2, 0) is 16.1 Å². The van der Waals surface area contributed by atoms with Crippen LogP contribution in [0.2, 0.25) is 0 Å². The fourth-order valence-electron chi connectivity index (χ4n) is 1.40. The van der Waals surface area contributed by atoms with E-state index >= 15 is 0 Å². The van der Waals surface area contributed by atoms with Crippen molar-refractivity contribution in [2.24, 2.45) is 11.5 Å². The van der Waals surface area contributed by atoms with Gasteiger partial charge in [0.05, 0.1) is 0 Å². The minimum atomic E-state index is -1.10. The van der Waals surface area contributed by atoms with Gasteiger partial charge in [0.25, 0.3) is 5.91 Å². The van der Waals surface area contributed by atoms with E-state index in [1.165, 1.54) is 13.8 Å². The molecule has 6 heteroatoms. The molecule has 2 amide bonds. The van der Waals surface area contributed by atoms with Gasteiger partial charge in [0.1, 0.15) is 11.3 Å². The second kappa shape index (κ2) is 6.19. The highest BCUT2D eigenvalue weighted by atomic mass is 16.5. The number of carbonyl (C=O) groups excluding carboxylic acids is 2. The molecule has 1 aromatic carbocycles. The third-order valence-electron chi connectivity index (χ3n) is 2.62. The number of carbonyl (C=O) groups is 2. The van der Waals surface area contributed by atoms with Crippen molar-refractivity contribution >= 4 is 11.8 Å². The molecule has 0 saturated carbocycles. The number of ether oxygens (including phenoxy) is 1. The highest BCUT2D eigenvalue weighted by Crippen LogP contribution is 2.16. The summed E-state index contributed by atoms with van der Waals surface area (Å²) in [6, 6.07) is 7.18. The maximum absolute atomic E-state index is 11.7. The van der Waals surface area contributed by atoms with Gasteiger partial charge in [0.15, 0.2) is 6.61 Å². The fourth-order valence-corrected chi connectivity index (χ4v) is 1.40. The molecule has 0 bridgehead atoms. The van der Waals surface area contributed by atoms with Gasteiger partial charge < -0.3 is 21.5 Å². The van der Waals surface area contributed by atoms with Crippen LogP contribution in [0.5, 0.6) is 5.75 Å². The number of para-hydroxylation sites is 1. The van der Waals surface area contributed by atoms with Crippen molar-refractivity contribution in [2.45, 2.75) is 25.9 Å². The van der Waals surface area contributed by atoms with Crippen LogP contribution in [0.1, 0.15) is 19.4 Å². The molecule has 104 valence electrons. The Morgan fingerprint density at radius 2 is 1.95 bits per heavy atom. The molecule has 0 radical (unpaired) electrons. The normalized spacial score (nSPS) is 10.9. The van der Waals surface area contributed by atoms with E-state index in [2.05, 4.69) is 5.32 Å². The van der Waals surface area contributed by atoms with Crippen LogP contribution in [0, 0.1) is 0 Å². The fraction of sp³-hybridized carbons (Fsp3) is 0.385. The number of primary amides is 1. The van der Waals surface area contributed by atoms with Crippen LogP contribution in [0.3, 0.4) is 0 Å². The highest BCUT2D eigenvalue weighted by molar-refractivity contribution is 5.90. The first kappa shape index (κ1) is 15.0. The van der Waals surface area contributed by atoms with Gasteiger partial charge in [-0.3, -0.25) is 9.59 Å². The number of benzene rings is 1. The molecule has 0 saturated heterocycles. The van der Waals surface area contributed by atoms with Gasteiger partial charge in [0.2, 0.25) is 5.91 Å². The molecule has 0 fully saturated rings. The van der Waals surface area contributed by atoms with Crippen molar-refractivity contribution in [2.75, 3.05) is 6.61 Å². The smallest absolute Gasteiger partial charge is 0.258 e. The summed E-state index contributed by atoms with van der Waals surface area (Å²) in [6.45, 7) is 3.18. The van der Waals surface area contributed by atoms with Gasteiger partial charge in [-0.1, -0.05) is 18.2 Å². The van der Waals surface area contributed by atoms with Gasteiger partial charge in [-0.2, -0.15) is 0 Å². The third kappa shape index (κ3) is 4.26. The molecule has 6 nitrogen and oxygen atoms in total. The predicted molar refractivity (Wildman–Crippen MR) is 71.2 cm³/mol. The molecule has 0 heterocycles. The Hall–Kier alpha value is -2.08. The molecule has 19 heavy (non-hydrogen) atoms. The van der Waals surface area contributed by atoms with Crippen molar-refractivity contribution < 1.29 is 14.3 Å². The Kier molecular flexibility index (Phi) is 4.88. The van der Waals surface area contributed by atoms with Crippen molar-refractivity contribution in [3.8, 4) is 5.75 Å². The SMILES string of the molecule is CC(C)(NC(=O)COc1ccccc1CN)C(N)=O. The van der Waals surface area contributed by atoms with E-state index in [1.54, 1.807) is 12.1 Å². The molecule has 1 aromatic rings. The zero-order valence-electron chi connectivity index (χ0n) is 11.1. The topological polar surface area (TPSA) is 107 Å². The average molecular weight is 265 g/mol. The zero-order valence-corrected chi connectivity index (χ0v) is 11.1. The van der Waals surface area contributed by atoms with Crippen molar-refractivity contribution in [1.82, 2.24) is 5.32 Å². The summed E-state index contributed by atoms with van der Waals surface area (Å²) in [5.41, 5.74) is 10.4. The average Bonchev–Trinajstić information content (AvgIpc) is 2.36. The Morgan fingerprint density at radius 1 is 1.32 bits per heavy atom. The number of amides is 2. The summed E-state index contributed by atoms with van der Waals surface area (Å²) in [4.78, 5) is 22.7. The van der Waals surface area contributed by atoms with Crippen molar-refractivity contribution in [3.05, 3.63) is 29.8 Å². The van der Waals surface area contributed by atoms with Gasteiger partial charge in [0, 0.05) is 12.1 Å². The summed E-state index contributed by atoms with van der Waals surface area (Å²) in [6.07, 6.45) is 0. The first-order valence-corrected chi connectivity index (χ1v) is 5.88. The second-order valence-electron chi connectivity index (χ2n) is 4.64. The van der Waals surface area contributed by atoms with Gasteiger partial charge in [-0.05, 0) is 19.9 Å².